The molecule has 2 nitrogen and oxygen atoms in total. The highest BCUT2D eigenvalue weighted by molar-refractivity contribution is 7.97. The van der Waals surface area contributed by atoms with Gasteiger partial charge in [-0.25, -0.2) is 4.31 Å². The van der Waals surface area contributed by atoms with Crippen molar-refractivity contribution >= 4 is 11.9 Å². The summed E-state index contributed by atoms with van der Waals surface area (Å²) >= 11 is 1.95. The van der Waals surface area contributed by atoms with Gasteiger partial charge >= 0.3 is 0 Å². The van der Waals surface area contributed by atoms with E-state index in [4.69, 9.17) is 0 Å². The van der Waals surface area contributed by atoms with Gasteiger partial charge in [0.1, 0.15) is 0 Å². The minimum Gasteiger partial charge on any atom is -0.303 e. The maximum atomic E-state index is 2.56. The van der Waals surface area contributed by atoms with Crippen LogP contribution in [0.4, 0.5) is 0 Å². The maximum absolute atomic E-state index is 2.56. The first-order valence-electron chi connectivity index (χ1n) is 5.54. The number of benzene rings is 1. The van der Waals surface area contributed by atoms with E-state index in [1.54, 1.807) is 0 Å². The van der Waals surface area contributed by atoms with E-state index in [0.717, 1.165) is 0 Å². The van der Waals surface area contributed by atoms with Crippen LogP contribution in [0.25, 0.3) is 0 Å². The lowest BCUT2D eigenvalue weighted by Crippen LogP contribution is -2.50. The van der Waals surface area contributed by atoms with Crippen LogP contribution in [0.1, 0.15) is 5.56 Å². The van der Waals surface area contributed by atoms with E-state index in [0.29, 0.717) is 6.04 Å². The number of fused-ring (bicyclic) bond motifs is 2. The van der Waals surface area contributed by atoms with E-state index in [1.165, 1.54) is 36.5 Å². The Bertz CT molecular complexity index is 366. The van der Waals surface area contributed by atoms with Crippen LogP contribution in [0, 0.1) is 0 Å². The SMILES string of the molecule is CN1CCN2Sc3ccccc3CC2C1. The Morgan fingerprint density at radius 2 is 2.13 bits per heavy atom. The molecule has 2 aliphatic heterocycles. The molecule has 0 aliphatic carbocycles. The molecule has 2 aliphatic rings. The van der Waals surface area contributed by atoms with E-state index >= 15 is 0 Å². The second kappa shape index (κ2) is 3.81. The van der Waals surface area contributed by atoms with Crippen LogP contribution < -0.4 is 0 Å². The third-order valence-corrected chi connectivity index (χ3v) is 4.59. The Kier molecular flexibility index (Phi) is 2.47. The van der Waals surface area contributed by atoms with Crippen LogP contribution in [0.2, 0.25) is 0 Å². The van der Waals surface area contributed by atoms with Crippen molar-refractivity contribution in [1.82, 2.24) is 9.21 Å². The smallest absolute Gasteiger partial charge is 0.0374 e. The highest BCUT2D eigenvalue weighted by Gasteiger charge is 2.30. The molecular formula is C12H16N2S. The van der Waals surface area contributed by atoms with Gasteiger partial charge in [-0.3, -0.25) is 0 Å². The number of likely N-dealkylation sites (N-methyl/N-ethyl adjacent to an activating group) is 1. The fourth-order valence-electron chi connectivity index (χ4n) is 2.42. The zero-order valence-corrected chi connectivity index (χ0v) is 9.83. The minimum atomic E-state index is 0.712. The second-order valence-electron chi connectivity index (χ2n) is 4.46. The lowest BCUT2D eigenvalue weighted by Gasteiger charge is -2.42. The predicted molar refractivity (Wildman–Crippen MR) is 64.0 cm³/mol. The molecule has 0 bridgehead atoms. The highest BCUT2D eigenvalue weighted by Crippen LogP contribution is 2.36. The largest absolute Gasteiger partial charge is 0.303 e. The summed E-state index contributed by atoms with van der Waals surface area (Å²) in [6, 6.07) is 9.52. The van der Waals surface area contributed by atoms with Crippen LogP contribution in [0.3, 0.4) is 0 Å². The Morgan fingerprint density at radius 3 is 3.07 bits per heavy atom. The Hall–Kier alpha value is -0.510. The van der Waals surface area contributed by atoms with E-state index < -0.39 is 0 Å². The standard InChI is InChI=1S/C12H16N2S/c1-13-6-7-14-11(9-13)8-10-4-2-3-5-12(10)15-14/h2-5,11H,6-9H2,1H3. The first kappa shape index (κ1) is 9.70. The van der Waals surface area contributed by atoms with Crippen LogP contribution in [-0.4, -0.2) is 41.9 Å². The summed E-state index contributed by atoms with van der Waals surface area (Å²) in [7, 11) is 2.22. The van der Waals surface area contributed by atoms with Gasteiger partial charge in [-0.2, -0.15) is 0 Å². The molecule has 1 aromatic rings. The Labute approximate surface area is 95.4 Å². The summed E-state index contributed by atoms with van der Waals surface area (Å²) in [4.78, 5) is 3.90. The lowest BCUT2D eigenvalue weighted by atomic mass is 10.0. The van der Waals surface area contributed by atoms with Crippen LogP contribution in [-0.2, 0) is 6.42 Å². The molecule has 0 spiro atoms. The predicted octanol–water partition coefficient (Wildman–Crippen LogP) is 1.87. The number of rotatable bonds is 0. The zero-order valence-electron chi connectivity index (χ0n) is 9.02. The van der Waals surface area contributed by atoms with Gasteiger partial charge in [-0.1, -0.05) is 18.2 Å². The van der Waals surface area contributed by atoms with E-state index in [9.17, 15) is 0 Å². The van der Waals surface area contributed by atoms with Crippen molar-refractivity contribution in [2.75, 3.05) is 26.7 Å². The molecule has 2 heterocycles. The molecule has 0 amide bonds. The van der Waals surface area contributed by atoms with Crippen molar-refractivity contribution in [1.29, 1.82) is 0 Å². The van der Waals surface area contributed by atoms with Gasteiger partial charge in [0.05, 0.1) is 0 Å². The second-order valence-corrected chi connectivity index (χ2v) is 5.55. The van der Waals surface area contributed by atoms with E-state index in [2.05, 4.69) is 40.5 Å². The van der Waals surface area contributed by atoms with Crippen molar-refractivity contribution in [3.63, 3.8) is 0 Å². The van der Waals surface area contributed by atoms with Gasteiger partial charge in [-0.15, -0.1) is 0 Å². The zero-order chi connectivity index (χ0) is 10.3. The monoisotopic (exact) mass is 220 g/mol. The molecule has 1 fully saturated rings. The van der Waals surface area contributed by atoms with Gasteiger partial charge in [0, 0.05) is 30.6 Å². The van der Waals surface area contributed by atoms with Crippen LogP contribution in [0.5, 0.6) is 0 Å². The maximum Gasteiger partial charge on any atom is 0.0374 e. The highest BCUT2D eigenvalue weighted by atomic mass is 32.2. The third kappa shape index (κ3) is 1.80. The van der Waals surface area contributed by atoms with E-state index in [-0.39, 0.29) is 0 Å². The van der Waals surface area contributed by atoms with Crippen molar-refractivity contribution in [2.45, 2.75) is 17.4 Å². The summed E-state index contributed by atoms with van der Waals surface area (Å²) < 4.78 is 2.56. The van der Waals surface area contributed by atoms with Gasteiger partial charge in [0.15, 0.2) is 0 Å². The number of hydrogen-bond donors (Lipinski definition) is 0. The molecular weight excluding hydrogens is 204 g/mol. The van der Waals surface area contributed by atoms with Gasteiger partial charge in [0.2, 0.25) is 0 Å². The summed E-state index contributed by atoms with van der Waals surface area (Å²) in [6.07, 6.45) is 1.22. The molecule has 3 rings (SSSR count). The molecule has 1 saturated heterocycles. The number of hydrogen-bond acceptors (Lipinski definition) is 3. The molecule has 1 unspecified atom stereocenters. The first-order chi connectivity index (χ1) is 7.33. The molecule has 0 N–H and O–H groups in total. The van der Waals surface area contributed by atoms with Crippen molar-refractivity contribution in [3.05, 3.63) is 29.8 Å². The molecule has 0 aromatic heterocycles. The molecule has 1 atom stereocenters. The van der Waals surface area contributed by atoms with Crippen molar-refractivity contribution in [2.24, 2.45) is 0 Å². The third-order valence-electron chi connectivity index (χ3n) is 3.28. The normalized spacial score (nSPS) is 27.1. The average Bonchev–Trinajstić information content (AvgIpc) is 2.26. The minimum absolute atomic E-state index is 0.712. The van der Waals surface area contributed by atoms with E-state index in [1.807, 2.05) is 11.9 Å². The molecule has 3 heteroatoms. The fourth-order valence-corrected chi connectivity index (χ4v) is 3.55. The Balaban J connectivity index is 1.87. The molecule has 15 heavy (non-hydrogen) atoms. The lowest BCUT2D eigenvalue weighted by molar-refractivity contribution is 0.166. The fraction of sp³-hybridized carbons (Fsp3) is 0.500. The summed E-state index contributed by atoms with van der Waals surface area (Å²) in [6.45, 7) is 3.60. The van der Waals surface area contributed by atoms with Crippen molar-refractivity contribution < 1.29 is 0 Å². The average molecular weight is 220 g/mol. The summed E-state index contributed by atoms with van der Waals surface area (Å²) in [5.41, 5.74) is 1.53. The summed E-state index contributed by atoms with van der Waals surface area (Å²) in [5.74, 6) is 0. The van der Waals surface area contributed by atoms with Gasteiger partial charge in [-0.05, 0) is 37.0 Å². The van der Waals surface area contributed by atoms with Gasteiger partial charge < -0.3 is 4.90 Å². The molecule has 1 aromatic carbocycles. The molecule has 0 saturated carbocycles. The Morgan fingerprint density at radius 1 is 1.27 bits per heavy atom. The number of nitrogens with zero attached hydrogens (tertiary/aromatic N) is 2. The van der Waals surface area contributed by atoms with Gasteiger partial charge in [0.25, 0.3) is 0 Å². The topological polar surface area (TPSA) is 6.48 Å². The first-order valence-corrected chi connectivity index (χ1v) is 6.31. The summed E-state index contributed by atoms with van der Waals surface area (Å²) in [5, 5.41) is 0. The number of piperazine rings is 1. The molecule has 80 valence electrons. The van der Waals surface area contributed by atoms with Crippen LogP contribution in [0.15, 0.2) is 29.2 Å². The van der Waals surface area contributed by atoms with Crippen LogP contribution >= 0.6 is 11.9 Å². The van der Waals surface area contributed by atoms with Crippen molar-refractivity contribution in [3.8, 4) is 0 Å². The molecule has 0 radical (unpaired) electrons. The quantitative estimate of drug-likeness (QED) is 0.616.